The predicted octanol–water partition coefficient (Wildman–Crippen LogP) is 3.65. The summed E-state index contributed by atoms with van der Waals surface area (Å²) in [6.45, 7) is 0. The Labute approximate surface area is 120 Å². The van der Waals surface area contributed by atoms with Gasteiger partial charge in [-0.2, -0.15) is 0 Å². The molecule has 2 N–H and O–H groups in total. The van der Waals surface area contributed by atoms with Crippen LogP contribution >= 0.6 is 11.6 Å². The normalized spacial score (nSPS) is 20.6. The van der Waals surface area contributed by atoms with Gasteiger partial charge in [0, 0.05) is 11.1 Å². The van der Waals surface area contributed by atoms with Crippen LogP contribution in [-0.4, -0.2) is 12.6 Å². The van der Waals surface area contributed by atoms with Gasteiger partial charge in [-0.1, -0.05) is 18.0 Å². The monoisotopic (exact) mass is 279 g/mol. The lowest BCUT2D eigenvalue weighted by Gasteiger charge is -2.20. The van der Waals surface area contributed by atoms with E-state index in [1.807, 2.05) is 0 Å². The van der Waals surface area contributed by atoms with Gasteiger partial charge in [-0.3, -0.25) is 0 Å². The van der Waals surface area contributed by atoms with Crippen LogP contribution < -0.4 is 10.5 Å². The van der Waals surface area contributed by atoms with Gasteiger partial charge in [0.05, 0.1) is 12.1 Å². The lowest BCUT2D eigenvalue weighted by molar-refractivity contribution is 0.406. The van der Waals surface area contributed by atoms with Crippen molar-refractivity contribution in [2.45, 2.75) is 56.9 Å². The van der Waals surface area contributed by atoms with Crippen LogP contribution in [0.3, 0.4) is 0 Å². The number of benzene rings is 1. The number of rotatable bonds is 3. The molecule has 3 rings (SSSR count). The second-order valence-corrected chi connectivity index (χ2v) is 6.51. The molecule has 104 valence electrons. The zero-order valence-electron chi connectivity index (χ0n) is 11.6. The largest absolute Gasteiger partial charge is 0.495 e. The van der Waals surface area contributed by atoms with Crippen LogP contribution in [0.5, 0.6) is 5.75 Å². The summed E-state index contributed by atoms with van der Waals surface area (Å²) >= 11 is 6.40. The van der Waals surface area contributed by atoms with Gasteiger partial charge in [0.1, 0.15) is 5.75 Å². The molecule has 1 aromatic carbocycles. The molecule has 1 saturated carbocycles. The van der Waals surface area contributed by atoms with Crippen LogP contribution in [0.25, 0.3) is 0 Å². The van der Waals surface area contributed by atoms with Crippen LogP contribution in [0.15, 0.2) is 6.07 Å². The molecule has 19 heavy (non-hydrogen) atoms. The molecule has 0 aromatic heterocycles. The van der Waals surface area contributed by atoms with Crippen LogP contribution in [0, 0.1) is 0 Å². The SMILES string of the molecule is COc1c(Cl)cc2c(c1CC1(N)CC1)CCCCC2. The highest BCUT2D eigenvalue weighted by molar-refractivity contribution is 6.32. The fraction of sp³-hybridized carbons (Fsp3) is 0.625. The predicted molar refractivity (Wildman–Crippen MR) is 79.1 cm³/mol. The number of nitrogens with two attached hydrogens (primary N) is 1. The third-order valence-corrected chi connectivity index (χ3v) is 4.82. The maximum absolute atomic E-state index is 6.40. The topological polar surface area (TPSA) is 35.2 Å². The van der Waals surface area contributed by atoms with E-state index >= 15 is 0 Å². The van der Waals surface area contributed by atoms with Gasteiger partial charge in [0.25, 0.3) is 0 Å². The summed E-state index contributed by atoms with van der Waals surface area (Å²) in [5.74, 6) is 0.860. The lowest BCUT2D eigenvalue weighted by atomic mass is 9.91. The zero-order valence-corrected chi connectivity index (χ0v) is 12.4. The average Bonchev–Trinajstić information content (AvgIpc) is 3.13. The molecule has 0 amide bonds. The minimum Gasteiger partial charge on any atom is -0.495 e. The molecule has 1 fully saturated rings. The summed E-state index contributed by atoms with van der Waals surface area (Å²) < 4.78 is 5.57. The Hall–Kier alpha value is -0.730. The molecule has 2 aliphatic carbocycles. The third kappa shape index (κ3) is 2.61. The van der Waals surface area contributed by atoms with Crippen molar-refractivity contribution < 1.29 is 4.74 Å². The van der Waals surface area contributed by atoms with Crippen LogP contribution in [-0.2, 0) is 19.3 Å². The van der Waals surface area contributed by atoms with Crippen molar-refractivity contribution in [1.29, 1.82) is 0 Å². The molecule has 2 aliphatic rings. The van der Waals surface area contributed by atoms with Crippen LogP contribution in [0.1, 0.15) is 48.8 Å². The van der Waals surface area contributed by atoms with Gasteiger partial charge in [0.15, 0.2) is 0 Å². The average molecular weight is 280 g/mol. The number of hydrogen-bond acceptors (Lipinski definition) is 2. The molecule has 2 nitrogen and oxygen atoms in total. The molecular weight excluding hydrogens is 258 g/mol. The molecule has 1 aromatic rings. The molecule has 0 radical (unpaired) electrons. The van der Waals surface area contributed by atoms with Crippen LogP contribution in [0.4, 0.5) is 0 Å². The van der Waals surface area contributed by atoms with E-state index in [4.69, 9.17) is 22.1 Å². The molecule has 0 bridgehead atoms. The lowest BCUT2D eigenvalue weighted by Crippen LogP contribution is -2.25. The zero-order chi connectivity index (χ0) is 13.5. The van der Waals surface area contributed by atoms with Crippen molar-refractivity contribution in [3.05, 3.63) is 27.8 Å². The second kappa shape index (κ2) is 4.99. The molecule has 0 unspecified atom stereocenters. The van der Waals surface area contributed by atoms with Crippen molar-refractivity contribution in [3.8, 4) is 5.75 Å². The summed E-state index contributed by atoms with van der Waals surface area (Å²) in [7, 11) is 1.71. The van der Waals surface area contributed by atoms with E-state index in [1.165, 1.54) is 36.0 Å². The first-order chi connectivity index (χ1) is 9.13. The van der Waals surface area contributed by atoms with E-state index < -0.39 is 0 Å². The molecule has 0 heterocycles. The summed E-state index contributed by atoms with van der Waals surface area (Å²) in [5.41, 5.74) is 10.5. The first kappa shape index (κ1) is 13.3. The molecule has 3 heteroatoms. The summed E-state index contributed by atoms with van der Waals surface area (Å²) in [6.07, 6.45) is 9.29. The van der Waals surface area contributed by atoms with Crippen molar-refractivity contribution >= 4 is 11.6 Å². The van der Waals surface area contributed by atoms with E-state index in [-0.39, 0.29) is 5.54 Å². The van der Waals surface area contributed by atoms with E-state index in [0.717, 1.165) is 42.9 Å². The molecule has 0 saturated heterocycles. The molecular formula is C16H22ClNO. The first-order valence-electron chi connectivity index (χ1n) is 7.29. The first-order valence-corrected chi connectivity index (χ1v) is 7.67. The van der Waals surface area contributed by atoms with Gasteiger partial charge in [-0.15, -0.1) is 0 Å². The third-order valence-electron chi connectivity index (χ3n) is 4.54. The van der Waals surface area contributed by atoms with E-state index in [2.05, 4.69) is 6.07 Å². The van der Waals surface area contributed by atoms with Crippen molar-refractivity contribution in [2.75, 3.05) is 7.11 Å². The van der Waals surface area contributed by atoms with Gasteiger partial charge in [0.2, 0.25) is 0 Å². The van der Waals surface area contributed by atoms with Crippen molar-refractivity contribution in [3.63, 3.8) is 0 Å². The Morgan fingerprint density at radius 1 is 1.26 bits per heavy atom. The molecule has 0 atom stereocenters. The number of aryl methyl sites for hydroxylation is 1. The van der Waals surface area contributed by atoms with Gasteiger partial charge in [-0.05, 0) is 62.1 Å². The number of fused-ring (bicyclic) bond motifs is 1. The fourth-order valence-corrected chi connectivity index (χ4v) is 3.53. The Bertz CT molecular complexity index is 494. The number of hydrogen-bond donors (Lipinski definition) is 1. The van der Waals surface area contributed by atoms with E-state index in [9.17, 15) is 0 Å². The summed E-state index contributed by atoms with van der Waals surface area (Å²) in [4.78, 5) is 0. The smallest absolute Gasteiger partial charge is 0.140 e. The Morgan fingerprint density at radius 2 is 2.00 bits per heavy atom. The van der Waals surface area contributed by atoms with Gasteiger partial charge < -0.3 is 10.5 Å². The van der Waals surface area contributed by atoms with Gasteiger partial charge >= 0.3 is 0 Å². The van der Waals surface area contributed by atoms with Crippen molar-refractivity contribution in [1.82, 2.24) is 0 Å². The summed E-state index contributed by atoms with van der Waals surface area (Å²) in [5, 5.41) is 0.752. The number of halogens is 1. The van der Waals surface area contributed by atoms with Crippen molar-refractivity contribution in [2.24, 2.45) is 5.73 Å². The Morgan fingerprint density at radius 3 is 2.68 bits per heavy atom. The highest BCUT2D eigenvalue weighted by Gasteiger charge is 2.40. The standard InChI is InChI=1S/C16H22ClNO/c1-19-15-13(10-16(18)7-8-16)12-6-4-2-3-5-11(12)9-14(15)17/h9H,2-8,10,18H2,1H3. The Balaban J connectivity index is 2.08. The fourth-order valence-electron chi connectivity index (χ4n) is 3.21. The quantitative estimate of drug-likeness (QED) is 0.857. The maximum atomic E-state index is 6.40. The van der Waals surface area contributed by atoms with Gasteiger partial charge in [-0.25, -0.2) is 0 Å². The minimum atomic E-state index is -0.00195. The second-order valence-electron chi connectivity index (χ2n) is 6.11. The number of ether oxygens (including phenoxy) is 1. The van der Waals surface area contributed by atoms with E-state index in [1.54, 1.807) is 7.11 Å². The molecule has 0 aliphatic heterocycles. The summed E-state index contributed by atoms with van der Waals surface area (Å²) in [6, 6.07) is 2.11. The minimum absolute atomic E-state index is 0.00195. The number of methoxy groups -OCH3 is 1. The molecule has 0 spiro atoms. The van der Waals surface area contributed by atoms with E-state index in [0.29, 0.717) is 0 Å². The van der Waals surface area contributed by atoms with Crippen LogP contribution in [0.2, 0.25) is 5.02 Å². The highest BCUT2D eigenvalue weighted by Crippen LogP contribution is 2.43. The Kier molecular flexibility index (Phi) is 3.48. The highest BCUT2D eigenvalue weighted by atomic mass is 35.5. The maximum Gasteiger partial charge on any atom is 0.140 e.